The SMILES string of the molecule is CCOCCOC(=O)COCCOCCOC. The second-order valence-electron chi connectivity index (χ2n) is 3.08. The summed E-state index contributed by atoms with van der Waals surface area (Å²) in [7, 11) is 1.61. The van der Waals surface area contributed by atoms with E-state index < -0.39 is 0 Å². The van der Waals surface area contributed by atoms with Crippen molar-refractivity contribution >= 4 is 5.97 Å². The minimum Gasteiger partial charge on any atom is -0.462 e. The Morgan fingerprint density at radius 1 is 0.882 bits per heavy atom. The molecule has 0 rings (SSSR count). The van der Waals surface area contributed by atoms with Gasteiger partial charge in [0.1, 0.15) is 13.2 Å². The largest absolute Gasteiger partial charge is 0.462 e. The molecule has 0 amide bonds. The number of ether oxygens (including phenoxy) is 5. The fraction of sp³-hybridized carbons (Fsp3) is 0.909. The summed E-state index contributed by atoms with van der Waals surface area (Å²) in [5.41, 5.74) is 0. The van der Waals surface area contributed by atoms with E-state index in [2.05, 4.69) is 0 Å². The van der Waals surface area contributed by atoms with Crippen LogP contribution in [0.25, 0.3) is 0 Å². The summed E-state index contributed by atoms with van der Waals surface area (Å²) >= 11 is 0. The molecule has 0 aromatic rings. The Balaban J connectivity index is 3.11. The Labute approximate surface area is 102 Å². The molecule has 0 aromatic heterocycles. The number of hydrogen-bond donors (Lipinski definition) is 0. The molecule has 0 N–H and O–H groups in total. The predicted molar refractivity (Wildman–Crippen MR) is 61.0 cm³/mol. The van der Waals surface area contributed by atoms with Crippen LogP contribution in [-0.4, -0.2) is 65.9 Å². The molecule has 0 aliphatic carbocycles. The average molecular weight is 250 g/mol. The highest BCUT2D eigenvalue weighted by Crippen LogP contribution is 1.84. The van der Waals surface area contributed by atoms with Gasteiger partial charge in [-0.3, -0.25) is 0 Å². The minimum atomic E-state index is -0.387. The number of carbonyl (C=O) groups is 1. The van der Waals surface area contributed by atoms with Gasteiger partial charge in [-0.05, 0) is 6.92 Å². The van der Waals surface area contributed by atoms with Crippen LogP contribution in [0.2, 0.25) is 0 Å². The van der Waals surface area contributed by atoms with Gasteiger partial charge in [0.15, 0.2) is 0 Å². The Kier molecular flexibility index (Phi) is 12.8. The summed E-state index contributed by atoms with van der Waals surface area (Å²) in [4.78, 5) is 11.1. The number of esters is 1. The maximum absolute atomic E-state index is 11.1. The van der Waals surface area contributed by atoms with E-state index in [1.54, 1.807) is 7.11 Å². The molecule has 17 heavy (non-hydrogen) atoms. The highest BCUT2D eigenvalue weighted by molar-refractivity contribution is 5.70. The van der Waals surface area contributed by atoms with Crippen LogP contribution in [0.4, 0.5) is 0 Å². The van der Waals surface area contributed by atoms with Crippen LogP contribution in [0.15, 0.2) is 0 Å². The average Bonchev–Trinajstić information content (AvgIpc) is 2.33. The van der Waals surface area contributed by atoms with Crippen molar-refractivity contribution in [2.75, 3.05) is 60.0 Å². The maximum atomic E-state index is 11.1. The van der Waals surface area contributed by atoms with Gasteiger partial charge in [-0.15, -0.1) is 0 Å². The molecule has 0 radical (unpaired) electrons. The Hall–Kier alpha value is -0.690. The first-order valence-electron chi connectivity index (χ1n) is 5.69. The molecule has 0 saturated carbocycles. The fourth-order valence-corrected chi connectivity index (χ4v) is 0.918. The van der Waals surface area contributed by atoms with Crippen LogP contribution in [0.1, 0.15) is 6.92 Å². The lowest BCUT2D eigenvalue weighted by Gasteiger charge is -2.06. The van der Waals surface area contributed by atoms with Gasteiger partial charge in [0.25, 0.3) is 0 Å². The molecule has 0 spiro atoms. The van der Waals surface area contributed by atoms with Gasteiger partial charge >= 0.3 is 5.97 Å². The van der Waals surface area contributed by atoms with Gasteiger partial charge in [0, 0.05) is 13.7 Å². The Morgan fingerprint density at radius 2 is 1.53 bits per heavy atom. The summed E-state index contributed by atoms with van der Waals surface area (Å²) in [6.45, 7) is 5.02. The molecule has 0 atom stereocenters. The van der Waals surface area contributed by atoms with Crippen LogP contribution < -0.4 is 0 Å². The maximum Gasteiger partial charge on any atom is 0.332 e. The zero-order valence-corrected chi connectivity index (χ0v) is 10.6. The summed E-state index contributed by atoms with van der Waals surface area (Å²) in [6.07, 6.45) is 0. The van der Waals surface area contributed by atoms with Crippen molar-refractivity contribution in [2.24, 2.45) is 0 Å². The third-order valence-corrected chi connectivity index (χ3v) is 1.72. The standard InChI is InChI=1S/C11H22O6/c1-3-14-8-9-17-11(12)10-16-7-6-15-5-4-13-2/h3-10H2,1-2H3. The zero-order chi connectivity index (χ0) is 12.8. The summed E-state index contributed by atoms with van der Waals surface area (Å²) in [5, 5.41) is 0. The molecule has 0 heterocycles. The smallest absolute Gasteiger partial charge is 0.332 e. The number of methoxy groups -OCH3 is 1. The summed E-state index contributed by atoms with van der Waals surface area (Å²) in [6, 6.07) is 0. The van der Waals surface area contributed by atoms with Crippen molar-refractivity contribution in [1.82, 2.24) is 0 Å². The molecule has 6 heteroatoms. The lowest BCUT2D eigenvalue weighted by atomic mass is 10.6. The van der Waals surface area contributed by atoms with Crippen LogP contribution in [-0.2, 0) is 28.5 Å². The van der Waals surface area contributed by atoms with Gasteiger partial charge in [-0.1, -0.05) is 0 Å². The third kappa shape index (κ3) is 13.2. The zero-order valence-electron chi connectivity index (χ0n) is 10.6. The van der Waals surface area contributed by atoms with E-state index in [0.717, 1.165) is 0 Å². The minimum absolute atomic E-state index is 0.0558. The first kappa shape index (κ1) is 16.3. The summed E-state index contributed by atoms with van der Waals surface area (Å²) in [5.74, 6) is -0.387. The monoisotopic (exact) mass is 250 g/mol. The number of rotatable bonds is 12. The van der Waals surface area contributed by atoms with Crippen LogP contribution >= 0.6 is 0 Å². The van der Waals surface area contributed by atoms with E-state index in [0.29, 0.717) is 39.6 Å². The van der Waals surface area contributed by atoms with Crippen molar-refractivity contribution in [3.8, 4) is 0 Å². The second kappa shape index (κ2) is 13.4. The van der Waals surface area contributed by atoms with Crippen LogP contribution in [0.5, 0.6) is 0 Å². The van der Waals surface area contributed by atoms with E-state index >= 15 is 0 Å². The van der Waals surface area contributed by atoms with E-state index in [1.165, 1.54) is 0 Å². The molecular weight excluding hydrogens is 228 g/mol. The van der Waals surface area contributed by atoms with E-state index in [4.69, 9.17) is 23.7 Å². The fourth-order valence-electron chi connectivity index (χ4n) is 0.918. The quantitative estimate of drug-likeness (QED) is 0.365. The second-order valence-corrected chi connectivity index (χ2v) is 3.08. The van der Waals surface area contributed by atoms with Gasteiger partial charge < -0.3 is 23.7 Å². The summed E-state index contributed by atoms with van der Waals surface area (Å²) < 4.78 is 24.9. The molecule has 0 fully saturated rings. The van der Waals surface area contributed by atoms with Crippen molar-refractivity contribution in [1.29, 1.82) is 0 Å². The predicted octanol–water partition coefficient (Wildman–Crippen LogP) is 0.246. The van der Waals surface area contributed by atoms with E-state index in [-0.39, 0.29) is 19.2 Å². The van der Waals surface area contributed by atoms with Crippen LogP contribution in [0.3, 0.4) is 0 Å². The lowest BCUT2D eigenvalue weighted by molar-refractivity contribution is -0.151. The molecule has 0 aliphatic heterocycles. The lowest BCUT2D eigenvalue weighted by Crippen LogP contribution is -2.17. The van der Waals surface area contributed by atoms with E-state index in [1.807, 2.05) is 6.92 Å². The Bertz CT molecular complexity index is 173. The van der Waals surface area contributed by atoms with Crippen molar-refractivity contribution in [2.45, 2.75) is 6.92 Å². The van der Waals surface area contributed by atoms with Gasteiger partial charge in [0.2, 0.25) is 0 Å². The van der Waals surface area contributed by atoms with Crippen molar-refractivity contribution in [3.05, 3.63) is 0 Å². The molecular formula is C11H22O6. The van der Waals surface area contributed by atoms with Gasteiger partial charge in [-0.25, -0.2) is 4.79 Å². The molecule has 0 aliphatic rings. The molecule has 0 saturated heterocycles. The number of carbonyl (C=O) groups excluding carboxylic acids is 1. The molecule has 0 aromatic carbocycles. The molecule has 6 nitrogen and oxygen atoms in total. The molecule has 0 unspecified atom stereocenters. The number of hydrogen-bond acceptors (Lipinski definition) is 6. The molecule has 102 valence electrons. The molecule has 0 bridgehead atoms. The normalized spacial score (nSPS) is 10.5. The van der Waals surface area contributed by atoms with Gasteiger partial charge in [-0.2, -0.15) is 0 Å². The van der Waals surface area contributed by atoms with Crippen molar-refractivity contribution in [3.63, 3.8) is 0 Å². The van der Waals surface area contributed by atoms with Gasteiger partial charge in [0.05, 0.1) is 33.0 Å². The van der Waals surface area contributed by atoms with Crippen LogP contribution in [0, 0.1) is 0 Å². The topological polar surface area (TPSA) is 63.2 Å². The first-order valence-corrected chi connectivity index (χ1v) is 5.69. The van der Waals surface area contributed by atoms with E-state index in [9.17, 15) is 4.79 Å². The highest BCUT2D eigenvalue weighted by atomic mass is 16.6. The highest BCUT2D eigenvalue weighted by Gasteiger charge is 2.02. The van der Waals surface area contributed by atoms with Crippen molar-refractivity contribution < 1.29 is 28.5 Å². The Morgan fingerprint density at radius 3 is 2.24 bits per heavy atom. The third-order valence-electron chi connectivity index (χ3n) is 1.72. The first-order chi connectivity index (χ1) is 8.31.